The molecule has 4 heterocycles. The Morgan fingerprint density at radius 3 is 2.66 bits per heavy atom. The summed E-state index contributed by atoms with van der Waals surface area (Å²) in [4.78, 5) is 33.2. The number of hydrogen-bond acceptors (Lipinski definition) is 10. The number of rotatable bonds is 9. The van der Waals surface area contributed by atoms with Crippen LogP contribution in [0.5, 0.6) is 11.5 Å². The fourth-order valence-electron chi connectivity index (χ4n) is 5.11. The van der Waals surface area contributed by atoms with Crippen LogP contribution in [0.3, 0.4) is 0 Å². The smallest absolute Gasteiger partial charge is 0.301 e. The number of halogens is 1. The van der Waals surface area contributed by atoms with Gasteiger partial charge in [-0.2, -0.15) is 0 Å². The summed E-state index contributed by atoms with van der Waals surface area (Å²) >= 11 is 2.35. The van der Waals surface area contributed by atoms with Gasteiger partial charge in [-0.25, -0.2) is 9.37 Å². The van der Waals surface area contributed by atoms with Crippen LogP contribution in [-0.4, -0.2) is 50.1 Å². The largest absolute Gasteiger partial charge is 0.505 e. The maximum atomic E-state index is 14.2. The maximum Gasteiger partial charge on any atom is 0.301 e. The number of ketones is 1. The van der Waals surface area contributed by atoms with Gasteiger partial charge in [-0.05, 0) is 55.3 Å². The van der Waals surface area contributed by atoms with Crippen LogP contribution in [0.2, 0.25) is 0 Å². The Labute approximate surface area is 259 Å². The second-order valence-corrected chi connectivity index (χ2v) is 11.9. The first-order valence-corrected chi connectivity index (χ1v) is 15.4. The number of aliphatic hydroxyl groups is 1. The lowest BCUT2D eigenvalue weighted by atomic mass is 9.96. The Morgan fingerprint density at radius 2 is 1.89 bits per heavy atom. The first kappa shape index (κ1) is 29.3. The highest BCUT2D eigenvalue weighted by atomic mass is 32.2. The molecule has 1 saturated heterocycles. The molecule has 3 aromatic heterocycles. The van der Waals surface area contributed by atoms with E-state index in [-0.39, 0.29) is 22.3 Å². The third-order valence-electron chi connectivity index (χ3n) is 7.09. The Morgan fingerprint density at radius 1 is 1.09 bits per heavy atom. The molecule has 1 aliphatic rings. The number of anilines is 1. The second-order valence-electron chi connectivity index (χ2n) is 9.72. The van der Waals surface area contributed by atoms with E-state index in [1.54, 1.807) is 66.1 Å². The van der Waals surface area contributed by atoms with Crippen LogP contribution in [0.15, 0.2) is 76.8 Å². The van der Waals surface area contributed by atoms with Crippen molar-refractivity contribution in [2.45, 2.75) is 30.0 Å². The van der Waals surface area contributed by atoms with Gasteiger partial charge in [0.1, 0.15) is 17.2 Å². The molecular formula is C31H26FN5O5S2. The molecular weight excluding hydrogens is 606 g/mol. The lowest BCUT2D eigenvalue weighted by Gasteiger charge is -2.23. The third-order valence-corrected chi connectivity index (χ3v) is 9.19. The summed E-state index contributed by atoms with van der Waals surface area (Å²) in [5.74, 6) is -1.30. The molecule has 1 aliphatic heterocycles. The van der Waals surface area contributed by atoms with E-state index in [1.165, 1.54) is 29.8 Å². The van der Waals surface area contributed by atoms with Crippen molar-refractivity contribution in [3.63, 3.8) is 0 Å². The van der Waals surface area contributed by atoms with Gasteiger partial charge in [-0.3, -0.25) is 18.9 Å². The van der Waals surface area contributed by atoms with Gasteiger partial charge >= 0.3 is 5.91 Å². The van der Waals surface area contributed by atoms with E-state index in [4.69, 9.17) is 9.47 Å². The summed E-state index contributed by atoms with van der Waals surface area (Å²) in [6.45, 7) is 3.97. The topological polar surface area (TPSA) is 119 Å². The number of carbonyl (C=O) groups excluding carboxylic acids is 2. The molecule has 0 spiro atoms. The number of imidazole rings is 1. The number of benzene rings is 2. The van der Waals surface area contributed by atoms with Crippen molar-refractivity contribution in [2.75, 3.05) is 18.6 Å². The highest BCUT2D eigenvalue weighted by molar-refractivity contribution is 8.00. The molecule has 0 aliphatic carbocycles. The number of methoxy groups -OCH3 is 1. The molecule has 5 aromatic rings. The van der Waals surface area contributed by atoms with Crippen molar-refractivity contribution in [3.8, 4) is 11.5 Å². The monoisotopic (exact) mass is 631 g/mol. The predicted octanol–water partition coefficient (Wildman–Crippen LogP) is 5.96. The zero-order chi connectivity index (χ0) is 31.0. The number of nitrogens with zero attached hydrogens (tertiary/aromatic N) is 5. The van der Waals surface area contributed by atoms with Gasteiger partial charge in [0.25, 0.3) is 5.78 Å². The number of thioether (sulfide) groups is 1. The summed E-state index contributed by atoms with van der Waals surface area (Å²) < 4.78 is 27.6. The average molecular weight is 632 g/mol. The van der Waals surface area contributed by atoms with Crippen molar-refractivity contribution in [1.82, 2.24) is 19.6 Å². The number of carbonyl (C=O) groups is 2. The minimum Gasteiger partial charge on any atom is -0.505 e. The zero-order valence-electron chi connectivity index (χ0n) is 23.9. The number of Topliss-reactive ketones (excluding diaryl/α,β-unsaturated/α-hetero) is 1. The first-order chi connectivity index (χ1) is 21.3. The van der Waals surface area contributed by atoms with Gasteiger partial charge in [0.15, 0.2) is 21.6 Å². The van der Waals surface area contributed by atoms with E-state index < -0.39 is 17.7 Å². The summed E-state index contributed by atoms with van der Waals surface area (Å²) in [5, 5.41) is 20.4. The molecule has 1 amide bonds. The molecule has 0 bridgehead atoms. The SMILES string of the molecule is CCOc1ccc(C2/C(=C(\O)c3c(C)nc4ccccn34)C(=O)C(=O)N2c2nnc(SCc3ccccc3F)s2)cc1OC. The zero-order valence-corrected chi connectivity index (χ0v) is 25.5. The van der Waals surface area contributed by atoms with Gasteiger partial charge in [0, 0.05) is 11.9 Å². The lowest BCUT2D eigenvalue weighted by Crippen LogP contribution is -2.29. The molecule has 13 heteroatoms. The lowest BCUT2D eigenvalue weighted by molar-refractivity contribution is -0.132. The first-order valence-electron chi connectivity index (χ1n) is 13.6. The number of aliphatic hydroxyl groups excluding tert-OH is 1. The molecule has 1 atom stereocenters. The number of amides is 1. The van der Waals surface area contributed by atoms with Crippen LogP contribution in [-0.2, 0) is 15.3 Å². The van der Waals surface area contributed by atoms with Crippen molar-refractivity contribution >= 4 is 51.3 Å². The summed E-state index contributed by atoms with van der Waals surface area (Å²) in [6.07, 6.45) is 1.72. The molecule has 10 nitrogen and oxygen atoms in total. The average Bonchev–Trinajstić information content (AvgIpc) is 3.70. The highest BCUT2D eigenvalue weighted by Crippen LogP contribution is 2.46. The number of aryl methyl sites for hydroxylation is 1. The fourth-order valence-corrected chi connectivity index (χ4v) is 6.97. The molecule has 44 heavy (non-hydrogen) atoms. The van der Waals surface area contributed by atoms with Crippen LogP contribution in [0.4, 0.5) is 9.52 Å². The Kier molecular flexibility index (Phi) is 8.06. The Hall–Kier alpha value is -4.75. The van der Waals surface area contributed by atoms with Gasteiger partial charge in [0.05, 0.1) is 31.0 Å². The standard InChI is InChI=1S/C31H26FN5O5S2/c1-4-42-21-13-12-18(15-22(21)41-3)26-24(27(38)25-17(2)33-23-11-7-8-14-36(23)25)28(39)29(40)37(26)30-34-35-31(44-30)43-16-19-9-5-6-10-20(19)32/h5-15,26,38H,4,16H2,1-3H3/b27-24+. The van der Waals surface area contributed by atoms with E-state index in [0.29, 0.717) is 56.4 Å². The van der Waals surface area contributed by atoms with E-state index in [1.807, 2.05) is 13.0 Å². The molecule has 0 radical (unpaired) electrons. The third kappa shape index (κ3) is 5.18. The van der Waals surface area contributed by atoms with Gasteiger partial charge < -0.3 is 14.6 Å². The highest BCUT2D eigenvalue weighted by Gasteiger charge is 2.49. The van der Waals surface area contributed by atoms with Crippen LogP contribution < -0.4 is 14.4 Å². The number of ether oxygens (including phenoxy) is 2. The molecule has 1 fully saturated rings. The number of aromatic nitrogens is 4. The Bertz CT molecular complexity index is 1940. The maximum absolute atomic E-state index is 14.2. The van der Waals surface area contributed by atoms with E-state index in [2.05, 4.69) is 15.2 Å². The van der Waals surface area contributed by atoms with Gasteiger partial charge in [0.2, 0.25) is 5.13 Å². The summed E-state index contributed by atoms with van der Waals surface area (Å²) in [6, 6.07) is 15.8. The number of hydrogen-bond donors (Lipinski definition) is 1. The normalized spacial score (nSPS) is 16.2. The number of fused-ring (bicyclic) bond motifs is 1. The molecule has 0 saturated carbocycles. The van der Waals surface area contributed by atoms with E-state index in [0.717, 1.165) is 11.3 Å². The van der Waals surface area contributed by atoms with Crippen LogP contribution in [0.25, 0.3) is 11.4 Å². The van der Waals surface area contributed by atoms with Crippen molar-refractivity contribution in [1.29, 1.82) is 0 Å². The van der Waals surface area contributed by atoms with Crippen LogP contribution in [0.1, 0.15) is 35.5 Å². The minimum atomic E-state index is -1.08. The fraction of sp³-hybridized carbons (Fsp3) is 0.194. The molecule has 1 N–H and O–H groups in total. The van der Waals surface area contributed by atoms with E-state index in [9.17, 15) is 19.1 Å². The molecule has 2 aromatic carbocycles. The van der Waals surface area contributed by atoms with Gasteiger partial charge in [-0.15, -0.1) is 10.2 Å². The van der Waals surface area contributed by atoms with Gasteiger partial charge in [-0.1, -0.05) is 53.4 Å². The Balaban J connectivity index is 1.47. The van der Waals surface area contributed by atoms with E-state index >= 15 is 0 Å². The second kappa shape index (κ2) is 12.1. The summed E-state index contributed by atoms with van der Waals surface area (Å²) in [7, 11) is 1.49. The van der Waals surface area contributed by atoms with Crippen molar-refractivity contribution in [2.24, 2.45) is 0 Å². The van der Waals surface area contributed by atoms with Crippen LogP contribution >= 0.6 is 23.1 Å². The predicted molar refractivity (Wildman–Crippen MR) is 165 cm³/mol. The quantitative estimate of drug-likeness (QED) is 0.0691. The molecule has 224 valence electrons. The van der Waals surface area contributed by atoms with Crippen molar-refractivity contribution in [3.05, 3.63) is 101 Å². The van der Waals surface area contributed by atoms with Crippen molar-refractivity contribution < 1.29 is 28.6 Å². The molecule has 1 unspecified atom stereocenters. The van der Waals surface area contributed by atoms with Crippen LogP contribution in [0, 0.1) is 12.7 Å². The number of pyridine rings is 1. The minimum absolute atomic E-state index is 0.134. The molecule has 6 rings (SSSR count). The summed E-state index contributed by atoms with van der Waals surface area (Å²) in [5.41, 5.74) is 2.19.